The first-order chi connectivity index (χ1) is 20.4. The minimum Gasteiger partial charge on any atom is -0.461 e. The minimum absolute atomic E-state index is 0.0403. The number of hydrogen-bond acceptors (Lipinski definition) is 9. The SMILES string of the molecule is CC(C)C[C@H](CC(=O)[C@H](COC(F)F)NC(=O)[C@H](COC(F)F)CC(=O)CN1CCOCC1)C(=O)OCc1ccccc1. The summed E-state index contributed by atoms with van der Waals surface area (Å²) in [4.78, 5) is 53.7. The third-order valence-corrected chi connectivity index (χ3v) is 6.63. The van der Waals surface area contributed by atoms with Gasteiger partial charge in [-0.2, -0.15) is 17.6 Å². The molecule has 1 aromatic carbocycles. The molecule has 10 nitrogen and oxygen atoms in total. The lowest BCUT2D eigenvalue weighted by atomic mass is 9.90. The molecule has 1 heterocycles. The lowest BCUT2D eigenvalue weighted by Gasteiger charge is -2.27. The maximum Gasteiger partial charge on any atom is 0.345 e. The Morgan fingerprint density at radius 3 is 2.14 bits per heavy atom. The Morgan fingerprint density at radius 2 is 1.53 bits per heavy atom. The summed E-state index contributed by atoms with van der Waals surface area (Å²) >= 11 is 0. The number of nitrogens with one attached hydrogen (secondary N) is 1. The molecule has 3 atom stereocenters. The zero-order valence-corrected chi connectivity index (χ0v) is 24.4. The van der Waals surface area contributed by atoms with Crippen molar-refractivity contribution in [2.45, 2.75) is 59.0 Å². The Balaban J connectivity index is 2.12. The fourth-order valence-corrected chi connectivity index (χ4v) is 4.50. The van der Waals surface area contributed by atoms with E-state index in [1.165, 1.54) is 0 Å². The molecule has 0 aliphatic carbocycles. The summed E-state index contributed by atoms with van der Waals surface area (Å²) in [6.45, 7) is -2.98. The molecule has 1 aliphatic heterocycles. The highest BCUT2D eigenvalue weighted by molar-refractivity contribution is 5.93. The van der Waals surface area contributed by atoms with Crippen LogP contribution in [0.3, 0.4) is 0 Å². The lowest BCUT2D eigenvalue weighted by Crippen LogP contribution is -2.49. The van der Waals surface area contributed by atoms with Crippen molar-refractivity contribution in [2.75, 3.05) is 46.1 Å². The molecule has 1 aromatic rings. The summed E-state index contributed by atoms with van der Waals surface area (Å²) in [6.07, 6.45) is -0.720. The lowest BCUT2D eigenvalue weighted by molar-refractivity contribution is -0.157. The average molecular weight is 621 g/mol. The zero-order chi connectivity index (χ0) is 31.8. The summed E-state index contributed by atoms with van der Waals surface area (Å²) in [7, 11) is 0. The van der Waals surface area contributed by atoms with Crippen LogP contribution in [-0.2, 0) is 44.7 Å². The van der Waals surface area contributed by atoms with Gasteiger partial charge in [-0.3, -0.25) is 24.1 Å². The van der Waals surface area contributed by atoms with Gasteiger partial charge in [0.05, 0.1) is 44.8 Å². The van der Waals surface area contributed by atoms with Gasteiger partial charge in [-0.15, -0.1) is 0 Å². The maximum absolute atomic E-state index is 13.3. The fourth-order valence-electron chi connectivity index (χ4n) is 4.50. The molecular weight excluding hydrogens is 580 g/mol. The van der Waals surface area contributed by atoms with Crippen molar-refractivity contribution in [1.29, 1.82) is 0 Å². The average Bonchev–Trinajstić information content (AvgIpc) is 2.96. The van der Waals surface area contributed by atoms with Gasteiger partial charge in [-0.1, -0.05) is 44.2 Å². The van der Waals surface area contributed by atoms with Gasteiger partial charge in [-0.05, 0) is 17.9 Å². The second-order valence-corrected chi connectivity index (χ2v) is 10.7. The summed E-state index contributed by atoms with van der Waals surface area (Å²) in [5, 5.41) is 2.25. The van der Waals surface area contributed by atoms with Gasteiger partial charge in [0, 0.05) is 25.9 Å². The van der Waals surface area contributed by atoms with Crippen LogP contribution in [0.2, 0.25) is 0 Å². The Labute approximate surface area is 248 Å². The van der Waals surface area contributed by atoms with Crippen molar-refractivity contribution in [2.24, 2.45) is 17.8 Å². The molecule has 2 rings (SSSR count). The number of halogens is 4. The molecule has 0 unspecified atom stereocenters. The van der Waals surface area contributed by atoms with Crippen LogP contribution in [0.4, 0.5) is 17.6 Å². The molecule has 43 heavy (non-hydrogen) atoms. The number of nitrogens with zero attached hydrogens (tertiary/aromatic N) is 1. The van der Waals surface area contributed by atoms with Crippen molar-refractivity contribution >= 4 is 23.4 Å². The molecule has 1 fully saturated rings. The normalized spacial score (nSPS) is 16.2. The summed E-state index contributed by atoms with van der Waals surface area (Å²) < 4.78 is 70.6. The van der Waals surface area contributed by atoms with Gasteiger partial charge >= 0.3 is 19.2 Å². The van der Waals surface area contributed by atoms with E-state index in [4.69, 9.17) is 9.47 Å². The number of Topliss-reactive ketones (excluding diaryl/α,β-unsaturated/α-hetero) is 2. The first-order valence-corrected chi connectivity index (χ1v) is 14.1. The van der Waals surface area contributed by atoms with E-state index >= 15 is 0 Å². The van der Waals surface area contributed by atoms with E-state index in [2.05, 4.69) is 14.8 Å². The number of hydrogen-bond donors (Lipinski definition) is 1. The van der Waals surface area contributed by atoms with E-state index in [0.717, 1.165) is 5.56 Å². The number of amides is 1. The second-order valence-electron chi connectivity index (χ2n) is 10.7. The standard InChI is InChI=1S/C29H40F4N2O8/c1-19(2)12-21(27(39)41-16-20-6-4-3-5-7-20)14-25(37)24(18-43-29(32)33)34-26(38)22(17-42-28(30)31)13-23(36)15-35-8-10-40-11-9-35/h3-7,19,21-22,24,28-29H,8-18H2,1-2H3,(H,34,38)/t21-,22+,24+/m1/s1. The van der Waals surface area contributed by atoms with Crippen LogP contribution >= 0.6 is 0 Å². The van der Waals surface area contributed by atoms with Crippen molar-refractivity contribution in [1.82, 2.24) is 10.2 Å². The molecule has 0 aromatic heterocycles. The van der Waals surface area contributed by atoms with Crippen molar-refractivity contribution in [3.63, 3.8) is 0 Å². The van der Waals surface area contributed by atoms with Crippen LogP contribution < -0.4 is 5.32 Å². The van der Waals surface area contributed by atoms with E-state index in [0.29, 0.717) is 26.3 Å². The molecule has 1 saturated heterocycles. The van der Waals surface area contributed by atoms with Gasteiger partial charge < -0.3 is 24.3 Å². The van der Waals surface area contributed by atoms with Crippen molar-refractivity contribution < 1.29 is 55.7 Å². The Morgan fingerprint density at radius 1 is 0.907 bits per heavy atom. The highest BCUT2D eigenvalue weighted by Crippen LogP contribution is 2.20. The number of morpholine rings is 1. The van der Waals surface area contributed by atoms with Gasteiger partial charge in [0.2, 0.25) is 5.91 Å². The predicted octanol–water partition coefficient (Wildman–Crippen LogP) is 3.22. The number of alkyl halides is 4. The Kier molecular flexibility index (Phi) is 16.3. The van der Waals surface area contributed by atoms with Crippen LogP contribution in [0.1, 0.15) is 38.7 Å². The second kappa shape index (κ2) is 19.4. The molecule has 0 saturated carbocycles. The zero-order valence-electron chi connectivity index (χ0n) is 24.4. The molecule has 0 radical (unpaired) electrons. The van der Waals surface area contributed by atoms with Gasteiger partial charge in [0.1, 0.15) is 18.4 Å². The minimum atomic E-state index is -3.28. The highest BCUT2D eigenvalue weighted by atomic mass is 19.3. The summed E-state index contributed by atoms with van der Waals surface area (Å²) in [6, 6.07) is 7.19. The van der Waals surface area contributed by atoms with E-state index < -0.39 is 80.6 Å². The van der Waals surface area contributed by atoms with E-state index in [9.17, 15) is 36.7 Å². The Hall–Kier alpha value is -2.94. The smallest absolute Gasteiger partial charge is 0.345 e. The molecular formula is C29H40F4N2O8. The largest absolute Gasteiger partial charge is 0.461 e. The summed E-state index contributed by atoms with van der Waals surface area (Å²) in [5.41, 5.74) is 0.723. The molecule has 1 amide bonds. The van der Waals surface area contributed by atoms with Crippen molar-refractivity contribution in [3.05, 3.63) is 35.9 Å². The van der Waals surface area contributed by atoms with Crippen LogP contribution in [-0.4, -0.2) is 93.7 Å². The molecule has 0 spiro atoms. The van der Waals surface area contributed by atoms with Gasteiger partial charge in [-0.25, -0.2) is 0 Å². The topological polar surface area (TPSA) is 120 Å². The number of esters is 1. The highest BCUT2D eigenvalue weighted by Gasteiger charge is 2.33. The third kappa shape index (κ3) is 14.9. The van der Waals surface area contributed by atoms with Crippen LogP contribution in [0.15, 0.2) is 30.3 Å². The number of ether oxygens (including phenoxy) is 4. The first kappa shape index (κ1) is 36.3. The van der Waals surface area contributed by atoms with E-state index in [1.54, 1.807) is 35.2 Å². The number of benzene rings is 1. The summed E-state index contributed by atoms with van der Waals surface area (Å²) in [5.74, 6) is -5.38. The third-order valence-electron chi connectivity index (χ3n) is 6.63. The molecule has 1 aliphatic rings. The monoisotopic (exact) mass is 620 g/mol. The first-order valence-electron chi connectivity index (χ1n) is 14.1. The number of carbonyl (C=O) groups is 4. The number of carbonyl (C=O) groups excluding carboxylic acids is 4. The van der Waals surface area contributed by atoms with Crippen molar-refractivity contribution in [3.8, 4) is 0 Å². The quantitative estimate of drug-likeness (QED) is 0.173. The molecule has 242 valence electrons. The van der Waals surface area contributed by atoms with E-state index in [1.807, 2.05) is 13.8 Å². The Bertz CT molecular complexity index is 1010. The predicted molar refractivity (Wildman–Crippen MR) is 145 cm³/mol. The van der Waals surface area contributed by atoms with E-state index in [-0.39, 0.29) is 25.5 Å². The molecule has 14 heteroatoms. The van der Waals surface area contributed by atoms with Crippen LogP contribution in [0.5, 0.6) is 0 Å². The number of ketones is 2. The van der Waals surface area contributed by atoms with Gasteiger partial charge in [0.25, 0.3) is 0 Å². The van der Waals surface area contributed by atoms with Gasteiger partial charge in [0.15, 0.2) is 5.78 Å². The number of rotatable bonds is 20. The molecule has 0 bridgehead atoms. The fraction of sp³-hybridized carbons (Fsp3) is 0.655. The maximum atomic E-state index is 13.3. The van der Waals surface area contributed by atoms with Crippen LogP contribution in [0, 0.1) is 17.8 Å². The molecule has 1 N–H and O–H groups in total. The van der Waals surface area contributed by atoms with Crippen LogP contribution in [0.25, 0.3) is 0 Å².